The van der Waals surface area contributed by atoms with Crippen molar-refractivity contribution in [1.29, 1.82) is 0 Å². The SMILES string of the molecule is COc1nc(C=CC(=O)NN2C=CCN(c3ccccc3)C2=O)ccc1-n1cnc(C)c1. The Hall–Kier alpha value is -4.40. The smallest absolute Gasteiger partial charge is 0.347 e. The van der Waals surface area contributed by atoms with Gasteiger partial charge < -0.3 is 9.30 Å². The number of pyridine rings is 1. The lowest BCUT2D eigenvalue weighted by atomic mass is 10.3. The van der Waals surface area contributed by atoms with Gasteiger partial charge in [-0.05, 0) is 43.3 Å². The van der Waals surface area contributed by atoms with Crippen LogP contribution >= 0.6 is 0 Å². The fraction of sp³-hybridized carbons (Fsp3) is 0.130. The average Bonchev–Trinajstić information content (AvgIpc) is 3.25. The third-order valence-corrected chi connectivity index (χ3v) is 4.73. The van der Waals surface area contributed by atoms with E-state index in [1.165, 1.54) is 19.4 Å². The van der Waals surface area contributed by atoms with Gasteiger partial charge in [-0.3, -0.25) is 15.1 Å². The van der Waals surface area contributed by atoms with Gasteiger partial charge in [-0.1, -0.05) is 18.2 Å². The summed E-state index contributed by atoms with van der Waals surface area (Å²) in [7, 11) is 1.53. The minimum atomic E-state index is -0.465. The predicted octanol–water partition coefficient (Wildman–Crippen LogP) is 3.08. The van der Waals surface area contributed by atoms with Gasteiger partial charge in [-0.25, -0.2) is 19.8 Å². The molecule has 9 heteroatoms. The molecular formula is C23H22N6O3. The van der Waals surface area contributed by atoms with E-state index in [0.717, 1.165) is 22.1 Å². The van der Waals surface area contributed by atoms with Crippen molar-refractivity contribution in [3.05, 3.63) is 84.7 Å². The van der Waals surface area contributed by atoms with Crippen LogP contribution in [0, 0.1) is 6.92 Å². The molecule has 1 aliphatic rings. The van der Waals surface area contributed by atoms with Crippen molar-refractivity contribution in [3.8, 4) is 11.6 Å². The molecule has 0 saturated carbocycles. The molecule has 3 amide bonds. The fourth-order valence-corrected chi connectivity index (χ4v) is 3.20. The van der Waals surface area contributed by atoms with Gasteiger partial charge in [0.15, 0.2) is 0 Å². The van der Waals surface area contributed by atoms with Crippen molar-refractivity contribution in [1.82, 2.24) is 25.0 Å². The van der Waals surface area contributed by atoms with Crippen LogP contribution in [0.5, 0.6) is 5.88 Å². The highest BCUT2D eigenvalue weighted by molar-refractivity contribution is 5.97. The van der Waals surface area contributed by atoms with Crippen LogP contribution in [-0.2, 0) is 4.79 Å². The molecule has 0 saturated heterocycles. The van der Waals surface area contributed by atoms with Crippen molar-refractivity contribution >= 4 is 23.7 Å². The number of ether oxygens (including phenoxy) is 1. The number of methoxy groups -OCH3 is 1. The van der Waals surface area contributed by atoms with Gasteiger partial charge in [0.05, 0.1) is 24.8 Å². The summed E-state index contributed by atoms with van der Waals surface area (Å²) in [6.07, 6.45) is 9.74. The van der Waals surface area contributed by atoms with Crippen LogP contribution < -0.4 is 15.1 Å². The average molecular weight is 430 g/mol. The monoisotopic (exact) mass is 430 g/mol. The van der Waals surface area contributed by atoms with Crippen LogP contribution in [0.2, 0.25) is 0 Å². The number of hydrogen-bond donors (Lipinski definition) is 1. The Morgan fingerprint density at radius 1 is 1.19 bits per heavy atom. The first-order valence-corrected chi connectivity index (χ1v) is 9.92. The lowest BCUT2D eigenvalue weighted by molar-refractivity contribution is -0.119. The zero-order valence-electron chi connectivity index (χ0n) is 17.7. The van der Waals surface area contributed by atoms with Crippen molar-refractivity contribution in [3.63, 3.8) is 0 Å². The lowest BCUT2D eigenvalue weighted by Gasteiger charge is -2.31. The van der Waals surface area contributed by atoms with E-state index < -0.39 is 5.91 Å². The highest BCUT2D eigenvalue weighted by Gasteiger charge is 2.24. The number of aromatic nitrogens is 3. The van der Waals surface area contributed by atoms with Gasteiger partial charge >= 0.3 is 6.03 Å². The first kappa shape index (κ1) is 20.9. The summed E-state index contributed by atoms with van der Waals surface area (Å²) in [5, 5.41) is 1.15. The number of amides is 3. The summed E-state index contributed by atoms with van der Waals surface area (Å²) >= 11 is 0. The molecule has 1 aliphatic heterocycles. The van der Waals surface area contributed by atoms with Crippen LogP contribution in [0.15, 0.2) is 73.3 Å². The van der Waals surface area contributed by atoms with E-state index >= 15 is 0 Å². The number of aryl methyl sites for hydroxylation is 1. The Morgan fingerprint density at radius 2 is 2.00 bits per heavy atom. The molecule has 162 valence electrons. The number of imidazole rings is 1. The number of carbonyl (C=O) groups is 2. The molecule has 3 heterocycles. The van der Waals surface area contributed by atoms with Gasteiger partial charge in [-0.2, -0.15) is 0 Å². The Kier molecular flexibility index (Phi) is 5.98. The summed E-state index contributed by atoms with van der Waals surface area (Å²) in [4.78, 5) is 35.3. The highest BCUT2D eigenvalue weighted by Crippen LogP contribution is 2.21. The van der Waals surface area contributed by atoms with Crippen LogP contribution in [0.4, 0.5) is 10.5 Å². The minimum absolute atomic E-state index is 0.347. The number of para-hydroxylation sites is 1. The van der Waals surface area contributed by atoms with Crippen molar-refractivity contribution in [2.75, 3.05) is 18.6 Å². The van der Waals surface area contributed by atoms with E-state index in [9.17, 15) is 9.59 Å². The molecule has 0 aliphatic carbocycles. The zero-order valence-corrected chi connectivity index (χ0v) is 17.7. The molecule has 4 rings (SSSR count). The van der Waals surface area contributed by atoms with Gasteiger partial charge in [0.25, 0.3) is 5.91 Å². The maximum Gasteiger partial charge on any atom is 0.347 e. The second kappa shape index (κ2) is 9.17. The number of anilines is 1. The molecule has 0 spiro atoms. The largest absolute Gasteiger partial charge is 0.479 e. The number of urea groups is 1. The van der Waals surface area contributed by atoms with Crippen molar-refractivity contribution in [2.45, 2.75) is 6.92 Å². The van der Waals surface area contributed by atoms with Crippen molar-refractivity contribution < 1.29 is 14.3 Å². The summed E-state index contributed by atoms with van der Waals surface area (Å²) in [6.45, 7) is 2.32. The van der Waals surface area contributed by atoms with Crippen LogP contribution in [0.1, 0.15) is 11.4 Å². The molecule has 0 bridgehead atoms. The van der Waals surface area contributed by atoms with Crippen molar-refractivity contribution in [2.24, 2.45) is 0 Å². The zero-order chi connectivity index (χ0) is 22.5. The summed E-state index contributed by atoms with van der Waals surface area (Å²) in [5.41, 5.74) is 5.46. The molecule has 1 N–H and O–H groups in total. The van der Waals surface area contributed by atoms with E-state index in [0.29, 0.717) is 18.1 Å². The number of nitrogens with one attached hydrogen (secondary N) is 1. The second-order valence-electron chi connectivity index (χ2n) is 6.98. The Balaban J connectivity index is 1.44. The third-order valence-electron chi connectivity index (χ3n) is 4.73. The van der Waals surface area contributed by atoms with E-state index in [2.05, 4.69) is 15.4 Å². The quantitative estimate of drug-likeness (QED) is 0.607. The van der Waals surface area contributed by atoms with Crippen LogP contribution in [-0.4, -0.2) is 45.1 Å². The summed E-state index contributed by atoms with van der Waals surface area (Å²) < 4.78 is 7.20. The molecule has 3 aromatic rings. The van der Waals surface area contributed by atoms with E-state index in [4.69, 9.17) is 4.74 Å². The van der Waals surface area contributed by atoms with E-state index in [-0.39, 0.29) is 6.03 Å². The molecule has 0 fully saturated rings. The molecule has 0 unspecified atom stereocenters. The fourth-order valence-electron chi connectivity index (χ4n) is 3.20. The van der Waals surface area contributed by atoms with E-state index in [1.807, 2.05) is 54.1 Å². The maximum absolute atomic E-state index is 12.7. The highest BCUT2D eigenvalue weighted by atomic mass is 16.5. The standard InChI is InChI=1S/C23H22N6O3/c1-17-15-27(16-24-17)20-11-9-18(25-22(20)32-2)10-12-21(30)26-29-14-6-13-28(23(29)31)19-7-4-3-5-8-19/h3-12,14-16H,13H2,1-2H3,(H,26,30). The Morgan fingerprint density at radius 3 is 2.72 bits per heavy atom. The maximum atomic E-state index is 12.7. The molecule has 2 aromatic heterocycles. The summed E-state index contributed by atoms with van der Waals surface area (Å²) in [5.74, 6) is -0.0643. The van der Waals surface area contributed by atoms with E-state index in [1.54, 1.807) is 29.4 Å². The lowest BCUT2D eigenvalue weighted by Crippen LogP contribution is -2.51. The molecule has 9 nitrogen and oxygen atoms in total. The van der Waals surface area contributed by atoms with Crippen LogP contribution in [0.25, 0.3) is 11.8 Å². The predicted molar refractivity (Wildman–Crippen MR) is 120 cm³/mol. The van der Waals surface area contributed by atoms with Gasteiger partial charge in [0.2, 0.25) is 5.88 Å². The first-order chi connectivity index (χ1) is 15.5. The van der Waals surface area contributed by atoms with Crippen LogP contribution in [0.3, 0.4) is 0 Å². The number of carbonyl (C=O) groups excluding carboxylic acids is 2. The topological polar surface area (TPSA) is 92.6 Å². The number of hydrazine groups is 1. The Labute approximate surface area is 185 Å². The molecule has 32 heavy (non-hydrogen) atoms. The second-order valence-corrected chi connectivity index (χ2v) is 6.98. The van der Waals surface area contributed by atoms with Gasteiger partial charge in [-0.15, -0.1) is 0 Å². The third kappa shape index (κ3) is 4.51. The molecule has 1 aromatic carbocycles. The number of hydrogen-bond acceptors (Lipinski definition) is 5. The molecule has 0 radical (unpaired) electrons. The molecule has 0 atom stereocenters. The Bertz CT molecular complexity index is 1190. The number of benzene rings is 1. The van der Waals surface area contributed by atoms with Gasteiger partial charge in [0.1, 0.15) is 5.69 Å². The first-order valence-electron chi connectivity index (χ1n) is 9.92. The number of rotatable bonds is 6. The van der Waals surface area contributed by atoms with Gasteiger partial charge in [0, 0.05) is 30.7 Å². The number of nitrogens with zero attached hydrogens (tertiary/aromatic N) is 5. The molecular weight excluding hydrogens is 408 g/mol. The minimum Gasteiger partial charge on any atom is -0.479 e. The normalized spacial score (nSPS) is 13.6. The summed E-state index contributed by atoms with van der Waals surface area (Å²) in [6, 6.07) is 12.5.